The predicted octanol–water partition coefficient (Wildman–Crippen LogP) is 3.09. The van der Waals surface area contributed by atoms with Crippen molar-refractivity contribution in [3.8, 4) is 0 Å². The van der Waals surface area contributed by atoms with E-state index in [1.165, 1.54) is 12.1 Å². The van der Waals surface area contributed by atoms with Crippen molar-refractivity contribution in [1.82, 2.24) is 10.2 Å². The number of hydrogen-bond acceptors (Lipinski definition) is 2. The monoisotopic (exact) mass is 310 g/mol. The van der Waals surface area contributed by atoms with Gasteiger partial charge in [-0.25, -0.2) is 8.78 Å². The van der Waals surface area contributed by atoms with E-state index in [1.54, 1.807) is 0 Å². The van der Waals surface area contributed by atoms with Crippen molar-refractivity contribution in [2.45, 2.75) is 45.7 Å². The van der Waals surface area contributed by atoms with Gasteiger partial charge in [0.2, 0.25) is 5.91 Å². The standard InChI is InChI=1S/C17H24F2N2O/c1-17(2,3)20-16(22)13-5-4-6-21(11-13)10-12-7-14(18)9-15(19)8-12/h7-9,13H,4-6,10-11H2,1-3H3,(H,20,22). The van der Waals surface area contributed by atoms with Crippen LogP contribution in [-0.2, 0) is 11.3 Å². The van der Waals surface area contributed by atoms with Gasteiger partial charge in [0.15, 0.2) is 0 Å². The molecule has 3 nitrogen and oxygen atoms in total. The maximum atomic E-state index is 13.3. The molecule has 1 unspecified atom stereocenters. The van der Waals surface area contributed by atoms with Gasteiger partial charge in [-0.1, -0.05) is 0 Å². The van der Waals surface area contributed by atoms with Gasteiger partial charge < -0.3 is 5.32 Å². The molecule has 1 amide bonds. The highest BCUT2D eigenvalue weighted by Gasteiger charge is 2.28. The van der Waals surface area contributed by atoms with Gasteiger partial charge in [0.05, 0.1) is 5.92 Å². The quantitative estimate of drug-likeness (QED) is 0.930. The number of carbonyl (C=O) groups is 1. The average Bonchev–Trinajstić information content (AvgIpc) is 2.35. The number of likely N-dealkylation sites (tertiary alicyclic amines) is 1. The fourth-order valence-electron chi connectivity index (χ4n) is 2.85. The number of nitrogens with one attached hydrogen (secondary N) is 1. The summed E-state index contributed by atoms with van der Waals surface area (Å²) in [5, 5.41) is 3.01. The van der Waals surface area contributed by atoms with E-state index >= 15 is 0 Å². The number of hydrogen-bond donors (Lipinski definition) is 1. The molecule has 1 atom stereocenters. The summed E-state index contributed by atoms with van der Waals surface area (Å²) in [5.41, 5.74) is 0.361. The second-order valence-electron chi connectivity index (χ2n) is 7.09. The van der Waals surface area contributed by atoms with Crippen LogP contribution >= 0.6 is 0 Å². The molecule has 5 heteroatoms. The number of halogens is 2. The molecule has 1 aromatic rings. The summed E-state index contributed by atoms with van der Waals surface area (Å²) in [5.74, 6) is -1.13. The fraction of sp³-hybridized carbons (Fsp3) is 0.588. The van der Waals surface area contributed by atoms with Crippen LogP contribution in [0.2, 0.25) is 0 Å². The normalized spacial score (nSPS) is 20.0. The first-order valence-electron chi connectivity index (χ1n) is 7.72. The maximum absolute atomic E-state index is 13.3. The predicted molar refractivity (Wildman–Crippen MR) is 82.3 cm³/mol. The Labute approximate surface area is 130 Å². The SMILES string of the molecule is CC(C)(C)NC(=O)C1CCCN(Cc2cc(F)cc(F)c2)C1. The van der Waals surface area contributed by atoms with Gasteiger partial charge in [-0.15, -0.1) is 0 Å². The summed E-state index contributed by atoms with van der Waals surface area (Å²) < 4.78 is 26.5. The number of rotatable bonds is 3. The van der Waals surface area contributed by atoms with Crippen molar-refractivity contribution in [3.63, 3.8) is 0 Å². The highest BCUT2D eigenvalue weighted by molar-refractivity contribution is 5.79. The molecule has 1 saturated heterocycles. The lowest BCUT2D eigenvalue weighted by Gasteiger charge is -2.33. The second kappa shape index (κ2) is 6.73. The lowest BCUT2D eigenvalue weighted by Crippen LogP contribution is -2.48. The molecule has 1 aromatic carbocycles. The van der Waals surface area contributed by atoms with E-state index in [0.29, 0.717) is 18.7 Å². The zero-order valence-electron chi connectivity index (χ0n) is 13.5. The van der Waals surface area contributed by atoms with Crippen LogP contribution in [0.3, 0.4) is 0 Å². The second-order valence-corrected chi connectivity index (χ2v) is 7.09. The van der Waals surface area contributed by atoms with Crippen LogP contribution in [0.5, 0.6) is 0 Å². The minimum Gasteiger partial charge on any atom is -0.351 e. The summed E-state index contributed by atoms with van der Waals surface area (Å²) >= 11 is 0. The van der Waals surface area contributed by atoms with Crippen molar-refractivity contribution in [1.29, 1.82) is 0 Å². The largest absolute Gasteiger partial charge is 0.351 e. The van der Waals surface area contributed by atoms with Crippen molar-refractivity contribution in [2.75, 3.05) is 13.1 Å². The van der Waals surface area contributed by atoms with Crippen LogP contribution in [0.25, 0.3) is 0 Å². The topological polar surface area (TPSA) is 32.3 Å². The lowest BCUT2D eigenvalue weighted by molar-refractivity contribution is -0.128. The molecule has 2 rings (SSSR count). The number of carbonyl (C=O) groups excluding carboxylic acids is 1. The van der Waals surface area contributed by atoms with Gasteiger partial charge in [-0.2, -0.15) is 0 Å². The molecule has 1 N–H and O–H groups in total. The number of benzene rings is 1. The molecule has 0 bridgehead atoms. The van der Waals surface area contributed by atoms with Crippen LogP contribution in [-0.4, -0.2) is 29.4 Å². The Hall–Kier alpha value is -1.49. The number of piperidine rings is 1. The molecule has 1 aliphatic heterocycles. The van der Waals surface area contributed by atoms with Crippen molar-refractivity contribution < 1.29 is 13.6 Å². The lowest BCUT2D eigenvalue weighted by atomic mass is 9.95. The van der Waals surface area contributed by atoms with E-state index in [9.17, 15) is 13.6 Å². The molecule has 0 spiro atoms. The van der Waals surface area contributed by atoms with E-state index in [4.69, 9.17) is 0 Å². The zero-order valence-corrected chi connectivity index (χ0v) is 13.5. The van der Waals surface area contributed by atoms with Crippen LogP contribution in [0.4, 0.5) is 8.78 Å². The highest BCUT2D eigenvalue weighted by Crippen LogP contribution is 2.20. The van der Waals surface area contributed by atoms with Gasteiger partial charge in [-0.05, 0) is 57.9 Å². The van der Waals surface area contributed by atoms with E-state index in [-0.39, 0.29) is 17.4 Å². The number of amides is 1. The molecule has 1 heterocycles. The molecule has 22 heavy (non-hydrogen) atoms. The minimum atomic E-state index is -0.561. The summed E-state index contributed by atoms with van der Waals surface area (Å²) in [4.78, 5) is 14.4. The van der Waals surface area contributed by atoms with E-state index in [0.717, 1.165) is 25.5 Å². The highest BCUT2D eigenvalue weighted by atomic mass is 19.1. The summed E-state index contributed by atoms with van der Waals surface area (Å²) in [6.45, 7) is 7.81. The molecule has 1 aliphatic rings. The summed E-state index contributed by atoms with van der Waals surface area (Å²) in [6, 6.07) is 3.57. The van der Waals surface area contributed by atoms with Gasteiger partial charge >= 0.3 is 0 Å². The van der Waals surface area contributed by atoms with Crippen molar-refractivity contribution in [3.05, 3.63) is 35.4 Å². The third-order valence-electron chi connectivity index (χ3n) is 3.70. The van der Waals surface area contributed by atoms with Gasteiger partial charge in [0, 0.05) is 24.7 Å². The summed E-state index contributed by atoms with van der Waals surface area (Å²) in [7, 11) is 0. The molecule has 0 saturated carbocycles. The molecule has 0 aromatic heterocycles. The smallest absolute Gasteiger partial charge is 0.224 e. The average molecular weight is 310 g/mol. The maximum Gasteiger partial charge on any atom is 0.224 e. The zero-order chi connectivity index (χ0) is 16.3. The Morgan fingerprint density at radius 3 is 2.50 bits per heavy atom. The number of nitrogens with zero attached hydrogens (tertiary/aromatic N) is 1. The molecular formula is C17H24F2N2O. The van der Waals surface area contributed by atoms with Crippen LogP contribution < -0.4 is 5.32 Å². The Morgan fingerprint density at radius 1 is 1.27 bits per heavy atom. The first kappa shape index (κ1) is 16.9. The molecular weight excluding hydrogens is 286 g/mol. The third kappa shape index (κ3) is 5.05. The third-order valence-corrected chi connectivity index (χ3v) is 3.70. The Morgan fingerprint density at radius 2 is 1.91 bits per heavy atom. The van der Waals surface area contributed by atoms with Gasteiger partial charge in [0.1, 0.15) is 11.6 Å². The van der Waals surface area contributed by atoms with Crippen LogP contribution in [0.15, 0.2) is 18.2 Å². The Balaban J connectivity index is 1.97. The van der Waals surface area contributed by atoms with Crippen molar-refractivity contribution >= 4 is 5.91 Å². The molecule has 0 radical (unpaired) electrons. The van der Waals surface area contributed by atoms with Crippen LogP contribution in [0.1, 0.15) is 39.2 Å². The van der Waals surface area contributed by atoms with Gasteiger partial charge in [-0.3, -0.25) is 9.69 Å². The van der Waals surface area contributed by atoms with Crippen molar-refractivity contribution in [2.24, 2.45) is 5.92 Å². The fourth-order valence-corrected chi connectivity index (χ4v) is 2.85. The molecule has 0 aliphatic carbocycles. The van der Waals surface area contributed by atoms with E-state index in [1.807, 2.05) is 20.8 Å². The molecule has 1 fully saturated rings. The Kier molecular flexibility index (Phi) is 5.16. The van der Waals surface area contributed by atoms with Crippen LogP contribution in [0, 0.1) is 17.6 Å². The summed E-state index contributed by atoms with van der Waals surface area (Å²) in [6.07, 6.45) is 1.77. The van der Waals surface area contributed by atoms with E-state index in [2.05, 4.69) is 10.2 Å². The molecule has 122 valence electrons. The Bertz CT molecular complexity index is 520. The first-order valence-corrected chi connectivity index (χ1v) is 7.72. The minimum absolute atomic E-state index is 0.0580. The van der Waals surface area contributed by atoms with E-state index < -0.39 is 11.6 Å². The first-order chi connectivity index (χ1) is 10.2. The van der Waals surface area contributed by atoms with Gasteiger partial charge in [0.25, 0.3) is 0 Å².